The van der Waals surface area contributed by atoms with E-state index in [0.29, 0.717) is 41.5 Å². The molecule has 1 fully saturated rings. The number of sulfonamides is 1. The lowest BCUT2D eigenvalue weighted by Gasteiger charge is -2.33. The van der Waals surface area contributed by atoms with Crippen LogP contribution in [0.25, 0.3) is 10.2 Å². The Morgan fingerprint density at radius 3 is 2.70 bits per heavy atom. The van der Waals surface area contributed by atoms with Crippen LogP contribution in [0, 0.1) is 11.7 Å². The molecule has 0 bridgehead atoms. The molecule has 0 saturated carbocycles. The van der Waals surface area contributed by atoms with E-state index in [-0.39, 0.29) is 23.9 Å². The molecule has 1 aliphatic rings. The zero-order chi connectivity index (χ0) is 26.0. The maximum Gasteiger partial charge on any atom is 0.243 e. The van der Waals surface area contributed by atoms with Crippen molar-refractivity contribution in [2.75, 3.05) is 25.1 Å². The Labute approximate surface area is 218 Å². The van der Waals surface area contributed by atoms with Crippen molar-refractivity contribution in [3.8, 4) is 5.75 Å². The van der Waals surface area contributed by atoms with Crippen molar-refractivity contribution in [3.05, 3.63) is 78.4 Å². The predicted octanol–water partition coefficient (Wildman–Crippen LogP) is 4.47. The second kappa shape index (κ2) is 10.5. The fraction of sp³-hybridized carbons (Fsp3) is 0.269. The number of rotatable bonds is 7. The van der Waals surface area contributed by atoms with E-state index in [0.717, 1.165) is 16.8 Å². The van der Waals surface area contributed by atoms with Gasteiger partial charge in [-0.3, -0.25) is 14.7 Å². The smallest absolute Gasteiger partial charge is 0.243 e. The summed E-state index contributed by atoms with van der Waals surface area (Å²) in [5.74, 6) is -0.688. The molecule has 0 N–H and O–H groups in total. The molecule has 1 amide bonds. The molecule has 0 radical (unpaired) electrons. The van der Waals surface area contributed by atoms with Crippen molar-refractivity contribution in [1.29, 1.82) is 0 Å². The van der Waals surface area contributed by atoms with Crippen molar-refractivity contribution in [2.45, 2.75) is 24.3 Å². The maximum atomic E-state index is 14.0. The summed E-state index contributed by atoms with van der Waals surface area (Å²) in [6.07, 6.45) is 2.74. The van der Waals surface area contributed by atoms with Crippen molar-refractivity contribution >= 4 is 42.6 Å². The molecule has 1 atom stereocenters. The molecule has 3 heterocycles. The number of methoxy groups -OCH3 is 1. The van der Waals surface area contributed by atoms with Crippen LogP contribution in [0.4, 0.5) is 9.52 Å². The molecule has 11 heteroatoms. The lowest BCUT2D eigenvalue weighted by atomic mass is 9.98. The number of hydrogen-bond acceptors (Lipinski definition) is 7. The first-order chi connectivity index (χ1) is 17.9. The predicted molar refractivity (Wildman–Crippen MR) is 139 cm³/mol. The van der Waals surface area contributed by atoms with Gasteiger partial charge < -0.3 is 4.74 Å². The quantitative estimate of drug-likeness (QED) is 0.343. The van der Waals surface area contributed by atoms with Gasteiger partial charge in [0.1, 0.15) is 17.1 Å². The number of fused-ring (bicyclic) bond motifs is 1. The Morgan fingerprint density at radius 1 is 1.16 bits per heavy atom. The molecular weight excluding hydrogens is 515 g/mol. The van der Waals surface area contributed by atoms with Crippen LogP contribution in [0.5, 0.6) is 5.75 Å². The monoisotopic (exact) mass is 540 g/mol. The van der Waals surface area contributed by atoms with Gasteiger partial charge >= 0.3 is 0 Å². The average molecular weight is 541 g/mol. The zero-order valence-corrected chi connectivity index (χ0v) is 21.7. The van der Waals surface area contributed by atoms with Crippen molar-refractivity contribution in [1.82, 2.24) is 14.3 Å². The highest BCUT2D eigenvalue weighted by molar-refractivity contribution is 7.89. The van der Waals surface area contributed by atoms with Gasteiger partial charge in [0, 0.05) is 19.3 Å². The van der Waals surface area contributed by atoms with Gasteiger partial charge in [-0.1, -0.05) is 23.5 Å². The van der Waals surface area contributed by atoms with Crippen LogP contribution in [-0.2, 0) is 21.4 Å². The lowest BCUT2D eigenvalue weighted by Crippen LogP contribution is -2.46. The Balaban J connectivity index is 1.46. The van der Waals surface area contributed by atoms with E-state index >= 15 is 0 Å². The van der Waals surface area contributed by atoms with Gasteiger partial charge in [0.15, 0.2) is 5.13 Å². The van der Waals surface area contributed by atoms with E-state index in [9.17, 15) is 17.6 Å². The van der Waals surface area contributed by atoms with Crippen molar-refractivity contribution in [3.63, 3.8) is 0 Å². The summed E-state index contributed by atoms with van der Waals surface area (Å²) in [4.78, 5) is 24.6. The number of amides is 1. The third-order valence-corrected chi connectivity index (χ3v) is 9.24. The normalized spacial score (nSPS) is 16.5. The molecular formula is C26H25FN4O4S2. The number of carbonyl (C=O) groups excluding carboxylic acids is 1. The van der Waals surface area contributed by atoms with E-state index in [1.54, 1.807) is 24.3 Å². The molecule has 0 aliphatic carbocycles. The van der Waals surface area contributed by atoms with E-state index in [1.807, 2.05) is 30.3 Å². The number of piperidine rings is 1. The topological polar surface area (TPSA) is 92.7 Å². The van der Waals surface area contributed by atoms with Crippen LogP contribution in [0.2, 0.25) is 0 Å². The standard InChI is InChI=1S/C26H25FN4O4S2/c1-35-22-8-4-9-23-24(22)29-26(36-23)31(17-20-7-2-3-14-28-20)25(32)18-6-5-15-30(16-18)37(33,34)21-12-10-19(27)11-13-21/h2-4,7-14,18H,5-6,15-17H2,1H3. The number of benzene rings is 2. The highest BCUT2D eigenvalue weighted by atomic mass is 32.2. The third kappa shape index (κ3) is 5.20. The summed E-state index contributed by atoms with van der Waals surface area (Å²) in [7, 11) is -2.30. The van der Waals surface area contributed by atoms with E-state index in [2.05, 4.69) is 4.98 Å². The Kier molecular flexibility index (Phi) is 7.18. The number of ether oxygens (including phenoxy) is 1. The molecule has 5 rings (SSSR count). The van der Waals surface area contributed by atoms with E-state index in [4.69, 9.17) is 9.72 Å². The summed E-state index contributed by atoms with van der Waals surface area (Å²) in [6, 6.07) is 15.8. The van der Waals surface area contributed by atoms with Gasteiger partial charge in [-0.2, -0.15) is 4.31 Å². The first-order valence-electron chi connectivity index (χ1n) is 11.8. The largest absolute Gasteiger partial charge is 0.494 e. The zero-order valence-electron chi connectivity index (χ0n) is 20.1. The number of para-hydroxylation sites is 1. The summed E-state index contributed by atoms with van der Waals surface area (Å²) in [5.41, 5.74) is 1.35. The third-order valence-electron chi connectivity index (χ3n) is 6.32. The fourth-order valence-electron chi connectivity index (χ4n) is 4.42. The number of carbonyl (C=O) groups is 1. The van der Waals surface area contributed by atoms with Gasteiger partial charge in [0.05, 0.1) is 34.9 Å². The van der Waals surface area contributed by atoms with Gasteiger partial charge in [0.2, 0.25) is 15.9 Å². The van der Waals surface area contributed by atoms with Gasteiger partial charge in [0.25, 0.3) is 0 Å². The number of thiazole rings is 1. The fourth-order valence-corrected chi connectivity index (χ4v) is 6.94. The molecule has 0 spiro atoms. The average Bonchev–Trinajstić information content (AvgIpc) is 3.36. The molecule has 192 valence electrons. The second-order valence-corrected chi connectivity index (χ2v) is 11.7. The number of aromatic nitrogens is 2. The molecule has 1 saturated heterocycles. The first-order valence-corrected chi connectivity index (χ1v) is 14.0. The molecule has 37 heavy (non-hydrogen) atoms. The van der Waals surface area contributed by atoms with Gasteiger partial charge in [-0.15, -0.1) is 0 Å². The minimum Gasteiger partial charge on any atom is -0.494 e. The number of hydrogen-bond donors (Lipinski definition) is 0. The molecule has 1 unspecified atom stereocenters. The van der Waals surface area contributed by atoms with Crippen molar-refractivity contribution in [2.24, 2.45) is 5.92 Å². The number of anilines is 1. The molecule has 2 aromatic heterocycles. The second-order valence-electron chi connectivity index (χ2n) is 8.71. The maximum absolute atomic E-state index is 14.0. The van der Waals surface area contributed by atoms with Crippen LogP contribution in [0.3, 0.4) is 0 Å². The Morgan fingerprint density at radius 2 is 1.97 bits per heavy atom. The summed E-state index contributed by atoms with van der Waals surface area (Å²) in [6.45, 7) is 0.524. The van der Waals surface area contributed by atoms with Crippen LogP contribution >= 0.6 is 11.3 Å². The van der Waals surface area contributed by atoms with E-state index in [1.165, 1.54) is 27.8 Å². The van der Waals surface area contributed by atoms with E-state index < -0.39 is 21.8 Å². The van der Waals surface area contributed by atoms with Gasteiger partial charge in [-0.05, 0) is 61.4 Å². The Bertz CT molecular complexity index is 1510. The Hall–Kier alpha value is -3.41. The number of halogens is 1. The van der Waals surface area contributed by atoms with Crippen molar-refractivity contribution < 1.29 is 22.3 Å². The number of pyridine rings is 1. The summed E-state index contributed by atoms with van der Waals surface area (Å²) in [5, 5.41) is 0.494. The number of nitrogens with zero attached hydrogens (tertiary/aromatic N) is 4. The molecule has 1 aliphatic heterocycles. The first kappa shape index (κ1) is 25.2. The van der Waals surface area contributed by atoms with Crippen LogP contribution in [-0.4, -0.2) is 48.8 Å². The molecule has 2 aromatic carbocycles. The molecule has 8 nitrogen and oxygen atoms in total. The van der Waals surface area contributed by atoms with Crippen LogP contribution in [0.15, 0.2) is 71.8 Å². The highest BCUT2D eigenvalue weighted by Crippen LogP contribution is 2.36. The van der Waals surface area contributed by atoms with Crippen LogP contribution in [0.1, 0.15) is 18.5 Å². The lowest BCUT2D eigenvalue weighted by molar-refractivity contribution is -0.123. The summed E-state index contributed by atoms with van der Waals surface area (Å²) < 4.78 is 47.5. The summed E-state index contributed by atoms with van der Waals surface area (Å²) >= 11 is 1.37. The van der Waals surface area contributed by atoms with Crippen LogP contribution < -0.4 is 9.64 Å². The minimum absolute atomic E-state index is 0.00519. The highest BCUT2D eigenvalue weighted by Gasteiger charge is 2.36. The SMILES string of the molecule is COc1cccc2sc(N(Cc3ccccn3)C(=O)C3CCCN(S(=O)(=O)c4ccc(F)cc4)C3)nc12. The molecule has 4 aromatic rings. The van der Waals surface area contributed by atoms with Gasteiger partial charge in [-0.25, -0.2) is 17.8 Å². The minimum atomic E-state index is -3.87.